The van der Waals surface area contributed by atoms with Crippen molar-refractivity contribution >= 4 is 24.2 Å². The van der Waals surface area contributed by atoms with Crippen LogP contribution in [0.15, 0.2) is 41.3 Å². The fourth-order valence-electron chi connectivity index (χ4n) is 1.65. The first-order chi connectivity index (χ1) is 8.99. The molecule has 0 saturated carbocycles. The minimum Gasteiger partial charge on any atom is -0.317 e. The Labute approximate surface area is 114 Å². The SMILES string of the molecule is Cc1ccc(S)cc1C(=O)Nc1c(F)cccc1F. The Morgan fingerprint density at radius 2 is 1.79 bits per heavy atom. The van der Waals surface area contributed by atoms with Gasteiger partial charge < -0.3 is 5.32 Å². The summed E-state index contributed by atoms with van der Waals surface area (Å²) in [6.07, 6.45) is 0. The molecule has 2 nitrogen and oxygen atoms in total. The van der Waals surface area contributed by atoms with Crippen LogP contribution in [0.2, 0.25) is 0 Å². The van der Waals surface area contributed by atoms with Crippen LogP contribution in [-0.4, -0.2) is 5.91 Å². The molecule has 0 spiro atoms. The molecule has 0 aliphatic carbocycles. The van der Waals surface area contributed by atoms with Crippen molar-refractivity contribution in [3.05, 3.63) is 59.2 Å². The van der Waals surface area contributed by atoms with Gasteiger partial charge in [-0.05, 0) is 36.8 Å². The summed E-state index contributed by atoms with van der Waals surface area (Å²) in [5, 5.41) is 2.24. The third kappa shape index (κ3) is 2.93. The predicted octanol–water partition coefficient (Wildman–Crippen LogP) is 3.81. The lowest BCUT2D eigenvalue weighted by Crippen LogP contribution is -2.15. The van der Waals surface area contributed by atoms with Crippen LogP contribution in [0.25, 0.3) is 0 Å². The number of hydrogen-bond acceptors (Lipinski definition) is 2. The van der Waals surface area contributed by atoms with E-state index < -0.39 is 23.2 Å². The maximum atomic E-state index is 13.4. The molecule has 0 fully saturated rings. The average molecular weight is 279 g/mol. The number of para-hydroxylation sites is 1. The second-order valence-electron chi connectivity index (χ2n) is 4.05. The molecule has 0 radical (unpaired) electrons. The number of carbonyl (C=O) groups excluding carboxylic acids is 1. The highest BCUT2D eigenvalue weighted by Gasteiger charge is 2.15. The van der Waals surface area contributed by atoms with E-state index in [4.69, 9.17) is 0 Å². The molecule has 0 saturated heterocycles. The van der Waals surface area contributed by atoms with Crippen molar-refractivity contribution < 1.29 is 13.6 Å². The molecule has 0 unspecified atom stereocenters. The summed E-state index contributed by atoms with van der Waals surface area (Å²) in [6, 6.07) is 8.40. The summed E-state index contributed by atoms with van der Waals surface area (Å²) < 4.78 is 26.9. The van der Waals surface area contributed by atoms with E-state index in [9.17, 15) is 13.6 Å². The van der Waals surface area contributed by atoms with Gasteiger partial charge in [-0.2, -0.15) is 0 Å². The van der Waals surface area contributed by atoms with Crippen LogP contribution < -0.4 is 5.32 Å². The molecule has 0 atom stereocenters. The highest BCUT2D eigenvalue weighted by atomic mass is 32.1. The van der Waals surface area contributed by atoms with E-state index in [2.05, 4.69) is 17.9 Å². The van der Waals surface area contributed by atoms with Crippen LogP contribution in [0.1, 0.15) is 15.9 Å². The summed E-state index contributed by atoms with van der Waals surface area (Å²) in [5.41, 5.74) is 0.582. The Morgan fingerprint density at radius 1 is 1.16 bits per heavy atom. The van der Waals surface area contributed by atoms with Crippen LogP contribution >= 0.6 is 12.6 Å². The number of benzene rings is 2. The highest BCUT2D eigenvalue weighted by Crippen LogP contribution is 2.20. The van der Waals surface area contributed by atoms with Crippen molar-refractivity contribution in [3.8, 4) is 0 Å². The number of aryl methyl sites for hydroxylation is 1. The first-order valence-corrected chi connectivity index (χ1v) is 5.98. The van der Waals surface area contributed by atoms with Crippen molar-refractivity contribution in [1.82, 2.24) is 0 Å². The molecule has 0 aliphatic heterocycles. The molecule has 2 rings (SSSR count). The van der Waals surface area contributed by atoms with Crippen molar-refractivity contribution in [3.63, 3.8) is 0 Å². The molecular formula is C14H11F2NOS. The molecule has 19 heavy (non-hydrogen) atoms. The standard InChI is InChI=1S/C14H11F2NOS/c1-8-5-6-9(19)7-10(8)14(18)17-13-11(15)3-2-4-12(13)16/h2-7,19H,1H3,(H,17,18). The first kappa shape index (κ1) is 13.5. The Bertz CT molecular complexity index is 623. The average Bonchev–Trinajstić information content (AvgIpc) is 2.37. The minimum absolute atomic E-state index is 0.329. The Morgan fingerprint density at radius 3 is 2.42 bits per heavy atom. The molecule has 0 bridgehead atoms. The van der Waals surface area contributed by atoms with Gasteiger partial charge in [0.2, 0.25) is 0 Å². The quantitative estimate of drug-likeness (QED) is 0.804. The van der Waals surface area contributed by atoms with Gasteiger partial charge >= 0.3 is 0 Å². The molecule has 1 N–H and O–H groups in total. The molecule has 98 valence electrons. The minimum atomic E-state index is -0.812. The Balaban J connectivity index is 2.34. The van der Waals surface area contributed by atoms with E-state index in [1.165, 1.54) is 6.07 Å². The number of rotatable bonds is 2. The molecular weight excluding hydrogens is 268 g/mol. The Hall–Kier alpha value is -1.88. The van der Waals surface area contributed by atoms with Crippen molar-refractivity contribution in [1.29, 1.82) is 0 Å². The summed E-state index contributed by atoms with van der Waals surface area (Å²) in [4.78, 5) is 12.6. The molecule has 0 aliphatic rings. The molecule has 0 aromatic heterocycles. The van der Waals surface area contributed by atoms with Gasteiger partial charge in [-0.15, -0.1) is 12.6 Å². The van der Waals surface area contributed by atoms with Crippen LogP contribution in [0.3, 0.4) is 0 Å². The van der Waals surface area contributed by atoms with Gasteiger partial charge in [-0.3, -0.25) is 4.79 Å². The zero-order valence-corrected chi connectivity index (χ0v) is 11.0. The number of carbonyl (C=O) groups is 1. The maximum absolute atomic E-state index is 13.4. The lowest BCUT2D eigenvalue weighted by atomic mass is 10.1. The number of anilines is 1. The monoisotopic (exact) mass is 279 g/mol. The third-order valence-corrected chi connectivity index (χ3v) is 2.95. The van der Waals surface area contributed by atoms with Gasteiger partial charge in [0.1, 0.15) is 17.3 Å². The lowest BCUT2D eigenvalue weighted by molar-refractivity contribution is 0.102. The second-order valence-corrected chi connectivity index (χ2v) is 4.57. The topological polar surface area (TPSA) is 29.1 Å². The summed E-state index contributed by atoms with van der Waals surface area (Å²) in [6.45, 7) is 1.74. The number of thiol groups is 1. The maximum Gasteiger partial charge on any atom is 0.256 e. The fourth-order valence-corrected chi connectivity index (χ4v) is 1.86. The molecule has 1 amide bonds. The van der Waals surface area contributed by atoms with Crippen molar-refractivity contribution in [2.75, 3.05) is 5.32 Å². The van der Waals surface area contributed by atoms with Crippen LogP contribution in [0.5, 0.6) is 0 Å². The largest absolute Gasteiger partial charge is 0.317 e. The van der Waals surface area contributed by atoms with E-state index in [1.807, 2.05) is 0 Å². The van der Waals surface area contributed by atoms with E-state index in [1.54, 1.807) is 25.1 Å². The summed E-state index contributed by atoms with van der Waals surface area (Å²) >= 11 is 4.13. The van der Waals surface area contributed by atoms with E-state index in [-0.39, 0.29) is 0 Å². The predicted molar refractivity (Wildman–Crippen MR) is 72.7 cm³/mol. The zero-order valence-electron chi connectivity index (χ0n) is 10.1. The van der Waals surface area contributed by atoms with Crippen LogP contribution in [0, 0.1) is 18.6 Å². The normalized spacial score (nSPS) is 10.3. The second kappa shape index (κ2) is 5.40. The molecule has 2 aromatic carbocycles. The van der Waals surface area contributed by atoms with Crippen LogP contribution in [0.4, 0.5) is 14.5 Å². The van der Waals surface area contributed by atoms with Gasteiger partial charge in [0.25, 0.3) is 5.91 Å². The highest BCUT2D eigenvalue weighted by molar-refractivity contribution is 7.80. The van der Waals surface area contributed by atoms with Gasteiger partial charge in [0.15, 0.2) is 0 Å². The van der Waals surface area contributed by atoms with Gasteiger partial charge in [0.05, 0.1) is 0 Å². The van der Waals surface area contributed by atoms with Crippen LogP contribution in [-0.2, 0) is 0 Å². The molecule has 2 aromatic rings. The Kier molecular flexibility index (Phi) is 3.85. The van der Waals surface area contributed by atoms with Gasteiger partial charge in [0, 0.05) is 10.5 Å². The van der Waals surface area contributed by atoms with E-state index in [0.29, 0.717) is 16.0 Å². The number of nitrogens with one attached hydrogen (secondary N) is 1. The van der Waals surface area contributed by atoms with Crippen molar-refractivity contribution in [2.45, 2.75) is 11.8 Å². The summed E-state index contributed by atoms with van der Waals surface area (Å²) in [7, 11) is 0. The number of halogens is 2. The number of amides is 1. The van der Waals surface area contributed by atoms with Gasteiger partial charge in [-0.1, -0.05) is 12.1 Å². The van der Waals surface area contributed by atoms with E-state index >= 15 is 0 Å². The number of hydrogen-bond donors (Lipinski definition) is 2. The van der Waals surface area contributed by atoms with E-state index in [0.717, 1.165) is 12.1 Å². The smallest absolute Gasteiger partial charge is 0.256 e. The fraction of sp³-hybridized carbons (Fsp3) is 0.0714. The lowest BCUT2D eigenvalue weighted by Gasteiger charge is -2.09. The molecule has 0 heterocycles. The summed E-state index contributed by atoms with van der Waals surface area (Å²) in [5.74, 6) is -2.20. The molecule has 5 heteroatoms. The zero-order chi connectivity index (χ0) is 14.0. The first-order valence-electron chi connectivity index (χ1n) is 5.54. The van der Waals surface area contributed by atoms with Crippen molar-refractivity contribution in [2.24, 2.45) is 0 Å². The third-order valence-electron chi connectivity index (χ3n) is 2.67. The van der Waals surface area contributed by atoms with Gasteiger partial charge in [-0.25, -0.2) is 8.78 Å².